The van der Waals surface area contributed by atoms with Gasteiger partial charge in [0.25, 0.3) is 5.91 Å². The molecule has 1 aromatic heterocycles. The topological polar surface area (TPSA) is 42.3 Å². The van der Waals surface area contributed by atoms with Crippen molar-refractivity contribution in [2.24, 2.45) is 5.92 Å². The number of amides is 1. The Morgan fingerprint density at radius 2 is 2.09 bits per heavy atom. The second kappa shape index (κ2) is 5.55. The normalized spacial score (nSPS) is 18.7. The minimum Gasteiger partial charge on any atom is -0.338 e. The van der Waals surface area contributed by atoms with Gasteiger partial charge in [-0.3, -0.25) is 14.2 Å². The van der Waals surface area contributed by atoms with E-state index in [0.29, 0.717) is 35.5 Å². The molecule has 1 unspecified atom stereocenters. The molecule has 2 aromatic rings. The van der Waals surface area contributed by atoms with Crippen LogP contribution in [0.2, 0.25) is 0 Å². The number of fused-ring (bicyclic) bond motifs is 1. The molecule has 0 bridgehead atoms. The number of piperidine rings is 1. The van der Waals surface area contributed by atoms with Crippen LogP contribution in [0.4, 0.5) is 4.39 Å². The van der Waals surface area contributed by atoms with E-state index in [2.05, 4.69) is 6.92 Å². The summed E-state index contributed by atoms with van der Waals surface area (Å²) >= 11 is 0. The van der Waals surface area contributed by atoms with E-state index < -0.39 is 5.82 Å². The van der Waals surface area contributed by atoms with Crippen LogP contribution in [-0.4, -0.2) is 34.4 Å². The fraction of sp³-hybridized carbons (Fsp3) is 0.412. The summed E-state index contributed by atoms with van der Waals surface area (Å²) in [5.74, 6) is -0.254. The number of nitrogens with zero attached hydrogens (tertiary/aromatic N) is 2. The lowest BCUT2D eigenvalue weighted by Crippen LogP contribution is -2.39. The molecule has 1 fully saturated rings. The predicted molar refractivity (Wildman–Crippen MR) is 82.5 cm³/mol. The van der Waals surface area contributed by atoms with E-state index in [1.165, 1.54) is 29.8 Å². The molecular formula is C17H19FN2O2. The second-order valence-electron chi connectivity index (χ2n) is 6.09. The summed E-state index contributed by atoms with van der Waals surface area (Å²) in [7, 11) is 0. The third-order valence-electron chi connectivity index (χ3n) is 4.28. The predicted octanol–water partition coefficient (Wildman–Crippen LogP) is 3.31. The Hall–Kier alpha value is -2.17. The van der Waals surface area contributed by atoms with E-state index in [-0.39, 0.29) is 11.8 Å². The number of likely N-dealkylation sites (tertiary alicyclic amines) is 1. The number of aromatic nitrogens is 1. The maximum Gasteiger partial charge on any atom is 0.256 e. The monoisotopic (exact) mass is 302 g/mol. The van der Waals surface area contributed by atoms with Gasteiger partial charge in [-0.25, -0.2) is 4.39 Å². The first kappa shape index (κ1) is 14.8. The average Bonchev–Trinajstić information content (AvgIpc) is 2.85. The summed E-state index contributed by atoms with van der Waals surface area (Å²) in [4.78, 5) is 26.3. The first-order valence-electron chi connectivity index (χ1n) is 7.58. The highest BCUT2D eigenvalue weighted by molar-refractivity contribution is 6.09. The van der Waals surface area contributed by atoms with Crippen LogP contribution in [0.15, 0.2) is 24.4 Å². The number of hydrogen-bond donors (Lipinski definition) is 0. The Morgan fingerprint density at radius 1 is 1.32 bits per heavy atom. The van der Waals surface area contributed by atoms with Crippen molar-refractivity contribution in [1.82, 2.24) is 9.47 Å². The van der Waals surface area contributed by atoms with Crippen LogP contribution in [0.1, 0.15) is 41.8 Å². The van der Waals surface area contributed by atoms with Gasteiger partial charge in [-0.05, 0) is 37.0 Å². The van der Waals surface area contributed by atoms with Gasteiger partial charge in [0.1, 0.15) is 5.82 Å². The highest BCUT2D eigenvalue weighted by Crippen LogP contribution is 2.26. The Labute approximate surface area is 128 Å². The van der Waals surface area contributed by atoms with Crippen LogP contribution in [-0.2, 0) is 0 Å². The van der Waals surface area contributed by atoms with Gasteiger partial charge < -0.3 is 4.90 Å². The fourth-order valence-electron chi connectivity index (χ4n) is 3.18. The van der Waals surface area contributed by atoms with Crippen molar-refractivity contribution in [3.8, 4) is 0 Å². The molecule has 1 aliphatic rings. The van der Waals surface area contributed by atoms with Crippen LogP contribution in [0.5, 0.6) is 0 Å². The molecule has 2 heterocycles. The van der Waals surface area contributed by atoms with E-state index >= 15 is 0 Å². The van der Waals surface area contributed by atoms with Crippen molar-refractivity contribution in [2.45, 2.75) is 26.7 Å². The molecule has 1 aromatic carbocycles. The molecule has 22 heavy (non-hydrogen) atoms. The SMILES string of the molecule is CC(=O)n1cc(C(=O)N2CCCC(C)C2)c2cc(F)ccc21. The Balaban J connectivity index is 2.07. The number of carbonyl (C=O) groups excluding carboxylic acids is 2. The summed E-state index contributed by atoms with van der Waals surface area (Å²) in [6.07, 6.45) is 3.63. The van der Waals surface area contributed by atoms with E-state index in [0.717, 1.165) is 12.8 Å². The van der Waals surface area contributed by atoms with Crippen LogP contribution < -0.4 is 0 Å². The van der Waals surface area contributed by atoms with Gasteiger partial charge in [0, 0.05) is 31.6 Å². The van der Waals surface area contributed by atoms with Gasteiger partial charge in [0.2, 0.25) is 5.91 Å². The molecule has 0 spiro atoms. The van der Waals surface area contributed by atoms with E-state index in [1.54, 1.807) is 11.0 Å². The molecule has 1 saturated heterocycles. The van der Waals surface area contributed by atoms with Crippen LogP contribution in [0.25, 0.3) is 10.9 Å². The van der Waals surface area contributed by atoms with Gasteiger partial charge >= 0.3 is 0 Å². The molecule has 0 aliphatic carbocycles. The number of rotatable bonds is 1. The lowest BCUT2D eigenvalue weighted by molar-refractivity contribution is 0.0685. The molecule has 5 heteroatoms. The van der Waals surface area contributed by atoms with Crippen molar-refractivity contribution in [3.05, 3.63) is 35.8 Å². The zero-order valence-electron chi connectivity index (χ0n) is 12.8. The molecule has 1 aliphatic heterocycles. The van der Waals surface area contributed by atoms with Crippen LogP contribution in [0.3, 0.4) is 0 Å². The third-order valence-corrected chi connectivity index (χ3v) is 4.28. The number of hydrogen-bond acceptors (Lipinski definition) is 2. The standard InChI is InChI=1S/C17H19FN2O2/c1-11-4-3-7-19(9-11)17(22)15-10-20(12(2)21)16-6-5-13(18)8-14(15)16/h5-6,8,10-11H,3-4,7,9H2,1-2H3. The first-order valence-corrected chi connectivity index (χ1v) is 7.58. The molecule has 3 rings (SSSR count). The minimum absolute atomic E-state index is 0.123. The zero-order chi connectivity index (χ0) is 15.9. The quantitative estimate of drug-likeness (QED) is 0.811. The van der Waals surface area contributed by atoms with E-state index in [4.69, 9.17) is 0 Å². The summed E-state index contributed by atoms with van der Waals surface area (Å²) in [5.41, 5.74) is 0.973. The lowest BCUT2D eigenvalue weighted by Gasteiger charge is -2.30. The Morgan fingerprint density at radius 3 is 2.77 bits per heavy atom. The second-order valence-corrected chi connectivity index (χ2v) is 6.09. The summed E-state index contributed by atoms with van der Waals surface area (Å²) in [6.45, 7) is 4.98. The highest BCUT2D eigenvalue weighted by atomic mass is 19.1. The smallest absolute Gasteiger partial charge is 0.256 e. The summed E-state index contributed by atoms with van der Waals surface area (Å²) < 4.78 is 15.0. The number of carbonyl (C=O) groups is 2. The van der Waals surface area contributed by atoms with Gasteiger partial charge in [-0.1, -0.05) is 6.92 Å². The van der Waals surface area contributed by atoms with Crippen molar-refractivity contribution in [1.29, 1.82) is 0 Å². The Bertz CT molecular complexity index is 750. The van der Waals surface area contributed by atoms with Crippen molar-refractivity contribution in [2.75, 3.05) is 13.1 Å². The summed E-state index contributed by atoms with van der Waals surface area (Å²) in [6, 6.07) is 4.18. The third kappa shape index (κ3) is 2.51. The molecule has 0 saturated carbocycles. The largest absolute Gasteiger partial charge is 0.338 e. The molecule has 116 valence electrons. The highest BCUT2D eigenvalue weighted by Gasteiger charge is 2.25. The minimum atomic E-state index is -0.408. The van der Waals surface area contributed by atoms with Crippen LogP contribution >= 0.6 is 0 Å². The summed E-state index contributed by atoms with van der Waals surface area (Å²) in [5, 5.41) is 0.499. The zero-order valence-corrected chi connectivity index (χ0v) is 12.8. The van der Waals surface area contributed by atoms with Gasteiger partial charge in [0.15, 0.2) is 0 Å². The fourth-order valence-corrected chi connectivity index (χ4v) is 3.18. The number of halogens is 1. The molecule has 1 amide bonds. The molecule has 0 radical (unpaired) electrons. The van der Waals surface area contributed by atoms with Gasteiger partial charge in [-0.15, -0.1) is 0 Å². The molecule has 1 atom stereocenters. The number of benzene rings is 1. The van der Waals surface area contributed by atoms with Crippen molar-refractivity contribution >= 4 is 22.7 Å². The lowest BCUT2D eigenvalue weighted by atomic mass is 9.99. The van der Waals surface area contributed by atoms with Gasteiger partial charge in [-0.2, -0.15) is 0 Å². The maximum atomic E-state index is 13.6. The van der Waals surface area contributed by atoms with E-state index in [9.17, 15) is 14.0 Å². The van der Waals surface area contributed by atoms with E-state index in [1.807, 2.05) is 0 Å². The first-order chi connectivity index (χ1) is 10.5. The van der Waals surface area contributed by atoms with Gasteiger partial charge in [0.05, 0.1) is 11.1 Å². The van der Waals surface area contributed by atoms with Crippen molar-refractivity contribution in [3.63, 3.8) is 0 Å². The molecular weight excluding hydrogens is 283 g/mol. The average molecular weight is 302 g/mol. The molecule has 4 nitrogen and oxygen atoms in total. The van der Waals surface area contributed by atoms with Crippen molar-refractivity contribution < 1.29 is 14.0 Å². The van der Waals surface area contributed by atoms with Crippen LogP contribution in [0, 0.1) is 11.7 Å². The molecule has 0 N–H and O–H groups in total. The maximum absolute atomic E-state index is 13.6. The Kier molecular flexibility index (Phi) is 3.72.